The van der Waals surface area contributed by atoms with Gasteiger partial charge in [-0.15, -0.1) is 0 Å². The summed E-state index contributed by atoms with van der Waals surface area (Å²) in [6.45, 7) is 1.60. The number of nitrogens with zero attached hydrogens (tertiary/aromatic N) is 5. The Morgan fingerprint density at radius 2 is 1.86 bits per heavy atom. The minimum Gasteiger partial charge on any atom is -0.457 e. The molecule has 1 aliphatic heterocycles. The number of benzene rings is 2. The van der Waals surface area contributed by atoms with E-state index in [1.165, 1.54) is 6.33 Å². The molecule has 1 saturated heterocycles. The van der Waals surface area contributed by atoms with Crippen LogP contribution in [0.1, 0.15) is 12.5 Å². The minimum absolute atomic E-state index is 0.0791. The van der Waals surface area contributed by atoms with Crippen molar-refractivity contribution in [2.45, 2.75) is 12.5 Å². The Kier molecular flexibility index (Phi) is 6.87. The lowest BCUT2D eigenvalue weighted by Crippen LogP contribution is -2.28. The summed E-state index contributed by atoms with van der Waals surface area (Å²) in [5.41, 5.74) is 7.63. The largest absolute Gasteiger partial charge is 0.457 e. The number of fused-ring (bicyclic) bond motifs is 1. The fraction of sp³-hybridized carbons (Fsp3) is 0.250. The molecule has 4 aromatic rings. The first-order valence-electron chi connectivity index (χ1n) is 12.2. The molecule has 0 spiro atoms. The number of nitrogen functional groups attached to an aromatic ring is 1. The van der Waals surface area contributed by atoms with Crippen LogP contribution in [-0.2, 0) is 4.79 Å². The third-order valence-electron chi connectivity index (χ3n) is 6.45. The SMILES string of the molecule is CN(C)CC=CC(=O)N1CC[C@@H](n2c(F)c(-c3ccc(Oc4ccccc4)cc3)c3c(N)ncnc32)C1. The first kappa shape index (κ1) is 24.5. The Hall–Kier alpha value is -4.24. The molecule has 8 nitrogen and oxygen atoms in total. The predicted molar refractivity (Wildman–Crippen MR) is 142 cm³/mol. The van der Waals surface area contributed by atoms with Crippen LogP contribution in [0.15, 0.2) is 73.1 Å². The molecule has 2 N–H and O–H groups in total. The Labute approximate surface area is 214 Å². The molecule has 0 saturated carbocycles. The number of para-hydroxylation sites is 1. The number of ether oxygens (including phenoxy) is 1. The second-order valence-corrected chi connectivity index (χ2v) is 9.32. The smallest absolute Gasteiger partial charge is 0.246 e. The van der Waals surface area contributed by atoms with E-state index in [0.717, 1.165) is 0 Å². The van der Waals surface area contributed by atoms with Gasteiger partial charge >= 0.3 is 0 Å². The zero-order valence-electron chi connectivity index (χ0n) is 20.8. The molecule has 1 atom stereocenters. The van der Waals surface area contributed by atoms with Crippen LogP contribution in [0.3, 0.4) is 0 Å². The molecule has 1 amide bonds. The van der Waals surface area contributed by atoms with Crippen molar-refractivity contribution < 1.29 is 13.9 Å². The minimum atomic E-state index is -0.443. The van der Waals surface area contributed by atoms with E-state index in [1.54, 1.807) is 39.8 Å². The van der Waals surface area contributed by atoms with E-state index in [4.69, 9.17) is 10.5 Å². The first-order valence-corrected chi connectivity index (χ1v) is 12.2. The predicted octanol–water partition coefficient (Wildman–Crippen LogP) is 4.50. The molecule has 0 radical (unpaired) electrons. The van der Waals surface area contributed by atoms with E-state index >= 15 is 4.39 Å². The van der Waals surface area contributed by atoms with Crippen LogP contribution in [0.2, 0.25) is 0 Å². The lowest BCUT2D eigenvalue weighted by atomic mass is 10.1. The van der Waals surface area contributed by atoms with Gasteiger partial charge in [-0.1, -0.05) is 36.4 Å². The maximum absolute atomic E-state index is 16.2. The van der Waals surface area contributed by atoms with Crippen LogP contribution in [0.25, 0.3) is 22.2 Å². The zero-order chi connectivity index (χ0) is 25.9. The molecule has 0 unspecified atom stereocenters. The van der Waals surface area contributed by atoms with Gasteiger partial charge in [-0.2, -0.15) is 4.39 Å². The van der Waals surface area contributed by atoms with Gasteiger partial charge in [-0.05, 0) is 50.3 Å². The number of nitrogens with two attached hydrogens (primary N) is 1. The van der Waals surface area contributed by atoms with E-state index in [9.17, 15) is 4.79 Å². The number of hydrogen-bond donors (Lipinski definition) is 1. The molecule has 37 heavy (non-hydrogen) atoms. The monoisotopic (exact) mass is 500 g/mol. The van der Waals surface area contributed by atoms with Gasteiger partial charge in [0.25, 0.3) is 0 Å². The highest BCUT2D eigenvalue weighted by Crippen LogP contribution is 2.39. The zero-order valence-corrected chi connectivity index (χ0v) is 20.8. The van der Waals surface area contributed by atoms with Crippen LogP contribution in [0.5, 0.6) is 11.5 Å². The van der Waals surface area contributed by atoms with Gasteiger partial charge in [0.1, 0.15) is 29.3 Å². The van der Waals surface area contributed by atoms with Crippen molar-refractivity contribution >= 4 is 22.8 Å². The summed E-state index contributed by atoms with van der Waals surface area (Å²) < 4.78 is 23.6. The number of rotatable bonds is 7. The first-order chi connectivity index (χ1) is 17.9. The Morgan fingerprint density at radius 1 is 1.14 bits per heavy atom. The fourth-order valence-electron chi connectivity index (χ4n) is 4.66. The van der Waals surface area contributed by atoms with Gasteiger partial charge in [0.05, 0.1) is 11.4 Å². The molecule has 190 valence electrons. The third kappa shape index (κ3) is 5.03. The number of anilines is 1. The normalized spacial score (nSPS) is 15.8. The molecule has 1 aliphatic rings. The number of carbonyl (C=O) groups is 1. The number of halogens is 1. The number of aromatic nitrogens is 3. The summed E-state index contributed by atoms with van der Waals surface area (Å²) in [5, 5.41) is 0.465. The summed E-state index contributed by atoms with van der Waals surface area (Å²) in [5.74, 6) is 1.04. The number of carbonyl (C=O) groups excluding carboxylic acids is 1. The van der Waals surface area contributed by atoms with Gasteiger partial charge in [0.15, 0.2) is 0 Å². The molecule has 0 bridgehead atoms. The maximum Gasteiger partial charge on any atom is 0.246 e. The van der Waals surface area contributed by atoms with E-state index in [-0.39, 0.29) is 17.8 Å². The van der Waals surface area contributed by atoms with Crippen LogP contribution in [0.4, 0.5) is 10.2 Å². The highest BCUT2D eigenvalue weighted by atomic mass is 19.1. The molecule has 3 heterocycles. The van der Waals surface area contributed by atoms with Gasteiger partial charge in [-0.3, -0.25) is 9.36 Å². The number of hydrogen-bond acceptors (Lipinski definition) is 6. The second-order valence-electron chi connectivity index (χ2n) is 9.32. The summed E-state index contributed by atoms with van der Waals surface area (Å²) in [6, 6.07) is 16.4. The van der Waals surface area contributed by atoms with Crippen molar-refractivity contribution in [1.82, 2.24) is 24.3 Å². The van der Waals surface area contributed by atoms with Crippen molar-refractivity contribution in [2.75, 3.05) is 39.5 Å². The van der Waals surface area contributed by atoms with Crippen molar-refractivity contribution in [1.29, 1.82) is 0 Å². The average molecular weight is 501 g/mol. The second kappa shape index (κ2) is 10.4. The van der Waals surface area contributed by atoms with Gasteiger partial charge in [0, 0.05) is 31.3 Å². The maximum atomic E-state index is 16.2. The van der Waals surface area contributed by atoms with E-state index in [1.807, 2.05) is 55.4 Å². The van der Waals surface area contributed by atoms with Crippen molar-refractivity contribution in [2.24, 2.45) is 0 Å². The topological polar surface area (TPSA) is 89.5 Å². The molecule has 0 aliphatic carbocycles. The van der Waals surface area contributed by atoms with Gasteiger partial charge in [0.2, 0.25) is 11.9 Å². The number of amides is 1. The quantitative estimate of drug-likeness (QED) is 0.376. The lowest BCUT2D eigenvalue weighted by Gasteiger charge is -2.16. The fourth-order valence-corrected chi connectivity index (χ4v) is 4.66. The summed E-state index contributed by atoms with van der Waals surface area (Å²) in [7, 11) is 3.88. The van der Waals surface area contributed by atoms with Crippen LogP contribution < -0.4 is 10.5 Å². The molecule has 9 heteroatoms. The van der Waals surface area contributed by atoms with Gasteiger partial charge < -0.3 is 20.3 Å². The standard InChI is InChI=1S/C28H29FN6O2/c1-33(2)15-6-9-23(36)34-16-14-20(17-34)35-26(29)24(25-27(30)31-18-32-28(25)35)19-10-12-22(13-11-19)37-21-7-4-3-5-8-21/h3-13,18,20H,14-17H2,1-2H3,(H2,30,31,32)/t20-/m1/s1. The van der Waals surface area contributed by atoms with E-state index < -0.39 is 5.95 Å². The average Bonchev–Trinajstić information content (AvgIpc) is 3.48. The Bertz CT molecular complexity index is 1430. The number of likely N-dealkylation sites (N-methyl/N-ethyl adjacent to an activating group) is 1. The molecular formula is C28H29FN6O2. The summed E-state index contributed by atoms with van der Waals surface area (Å²) in [4.78, 5) is 24.9. The molecule has 2 aromatic heterocycles. The number of likely N-dealkylation sites (tertiary alicyclic amines) is 1. The Balaban J connectivity index is 1.45. The van der Waals surface area contributed by atoms with Crippen LogP contribution >= 0.6 is 0 Å². The summed E-state index contributed by atoms with van der Waals surface area (Å²) in [6.07, 6.45) is 5.37. The van der Waals surface area contributed by atoms with Crippen molar-refractivity contribution in [3.05, 3.63) is 79.0 Å². The van der Waals surface area contributed by atoms with Crippen molar-refractivity contribution in [3.8, 4) is 22.6 Å². The van der Waals surface area contributed by atoms with Crippen LogP contribution in [-0.4, -0.2) is 64.0 Å². The highest BCUT2D eigenvalue weighted by Gasteiger charge is 2.32. The Morgan fingerprint density at radius 3 is 2.59 bits per heavy atom. The lowest BCUT2D eigenvalue weighted by molar-refractivity contribution is -0.125. The van der Waals surface area contributed by atoms with Gasteiger partial charge in [-0.25, -0.2) is 9.97 Å². The van der Waals surface area contributed by atoms with E-state index in [0.29, 0.717) is 59.7 Å². The van der Waals surface area contributed by atoms with Crippen LogP contribution in [0, 0.1) is 5.95 Å². The molecule has 1 fully saturated rings. The molecule has 2 aromatic carbocycles. The van der Waals surface area contributed by atoms with Crippen molar-refractivity contribution in [3.63, 3.8) is 0 Å². The highest BCUT2D eigenvalue weighted by molar-refractivity contribution is 6.01. The van der Waals surface area contributed by atoms with E-state index in [2.05, 4.69) is 9.97 Å². The molecule has 5 rings (SSSR count). The summed E-state index contributed by atoms with van der Waals surface area (Å²) >= 11 is 0. The molecular weight excluding hydrogens is 471 g/mol. The third-order valence-corrected chi connectivity index (χ3v) is 6.45.